The standard InChI is InChI=1S/C18H16N2O2S/c1-11-2-7-14-15(8-11)23-18-16(14)17(19-10-20-18)22-13-5-3-12(9-21)4-6-13/h3-6,9-11H,2,7-8H2,1H3. The number of aryl methyl sites for hydroxylation is 1. The van der Waals surface area contributed by atoms with E-state index >= 15 is 0 Å². The average Bonchev–Trinajstić information content (AvgIpc) is 2.94. The molecule has 0 aliphatic heterocycles. The van der Waals surface area contributed by atoms with Crippen molar-refractivity contribution in [2.75, 3.05) is 0 Å². The van der Waals surface area contributed by atoms with Gasteiger partial charge in [0, 0.05) is 10.4 Å². The molecule has 116 valence electrons. The third-order valence-corrected chi connectivity index (χ3v) is 5.45. The van der Waals surface area contributed by atoms with Gasteiger partial charge in [-0.2, -0.15) is 0 Å². The van der Waals surface area contributed by atoms with E-state index in [9.17, 15) is 4.79 Å². The number of thiophene rings is 1. The molecule has 1 atom stereocenters. The molecule has 1 aromatic carbocycles. The molecule has 0 radical (unpaired) electrons. The van der Waals surface area contributed by atoms with Gasteiger partial charge in [-0.25, -0.2) is 9.97 Å². The van der Waals surface area contributed by atoms with Gasteiger partial charge in [0.05, 0.1) is 5.39 Å². The van der Waals surface area contributed by atoms with E-state index in [1.54, 1.807) is 41.9 Å². The van der Waals surface area contributed by atoms with Gasteiger partial charge in [0.1, 0.15) is 23.2 Å². The second-order valence-electron chi connectivity index (χ2n) is 6.00. The summed E-state index contributed by atoms with van der Waals surface area (Å²) in [4.78, 5) is 21.9. The van der Waals surface area contributed by atoms with Crippen molar-refractivity contribution in [3.8, 4) is 11.6 Å². The fourth-order valence-electron chi connectivity index (χ4n) is 3.05. The van der Waals surface area contributed by atoms with Gasteiger partial charge in [-0.05, 0) is 55.0 Å². The molecule has 0 fully saturated rings. The first-order valence-electron chi connectivity index (χ1n) is 7.73. The quantitative estimate of drug-likeness (QED) is 0.669. The Bertz CT molecular complexity index is 871. The lowest BCUT2D eigenvalue weighted by Crippen LogP contribution is -2.08. The van der Waals surface area contributed by atoms with Crippen LogP contribution in [0.1, 0.15) is 34.1 Å². The molecule has 0 amide bonds. The number of fused-ring (bicyclic) bond motifs is 3. The molecule has 0 spiro atoms. The highest BCUT2D eigenvalue weighted by atomic mass is 32.1. The molecule has 5 heteroatoms. The Labute approximate surface area is 138 Å². The Morgan fingerprint density at radius 3 is 2.87 bits per heavy atom. The molecule has 2 aromatic heterocycles. The van der Waals surface area contributed by atoms with Crippen molar-refractivity contribution in [1.82, 2.24) is 9.97 Å². The molecule has 1 unspecified atom stereocenters. The second-order valence-corrected chi connectivity index (χ2v) is 7.08. The van der Waals surface area contributed by atoms with Gasteiger partial charge in [-0.3, -0.25) is 4.79 Å². The van der Waals surface area contributed by atoms with Crippen LogP contribution in [0.15, 0.2) is 30.6 Å². The number of ether oxygens (including phenoxy) is 1. The Kier molecular flexibility index (Phi) is 3.58. The Morgan fingerprint density at radius 2 is 2.09 bits per heavy atom. The van der Waals surface area contributed by atoms with Gasteiger partial charge < -0.3 is 4.74 Å². The predicted molar refractivity (Wildman–Crippen MR) is 90.5 cm³/mol. The summed E-state index contributed by atoms with van der Waals surface area (Å²) in [6, 6.07) is 7.06. The van der Waals surface area contributed by atoms with E-state index in [0.29, 0.717) is 17.2 Å². The smallest absolute Gasteiger partial charge is 0.231 e. The number of nitrogens with zero attached hydrogens (tertiary/aromatic N) is 2. The fourth-order valence-corrected chi connectivity index (χ4v) is 4.39. The van der Waals surface area contributed by atoms with Gasteiger partial charge in [-0.15, -0.1) is 11.3 Å². The number of carbonyl (C=O) groups excluding carboxylic acids is 1. The van der Waals surface area contributed by atoms with Crippen LogP contribution in [-0.4, -0.2) is 16.3 Å². The average molecular weight is 324 g/mol. The van der Waals surface area contributed by atoms with Crippen molar-refractivity contribution >= 4 is 27.8 Å². The fraction of sp³-hybridized carbons (Fsp3) is 0.278. The summed E-state index contributed by atoms with van der Waals surface area (Å²) in [5.74, 6) is 2.02. The minimum absolute atomic E-state index is 0.612. The van der Waals surface area contributed by atoms with Crippen LogP contribution >= 0.6 is 11.3 Å². The van der Waals surface area contributed by atoms with Gasteiger partial charge in [0.15, 0.2) is 0 Å². The highest BCUT2D eigenvalue weighted by molar-refractivity contribution is 7.18. The van der Waals surface area contributed by atoms with Crippen molar-refractivity contribution in [2.24, 2.45) is 5.92 Å². The van der Waals surface area contributed by atoms with Crippen molar-refractivity contribution < 1.29 is 9.53 Å². The number of rotatable bonds is 3. The van der Waals surface area contributed by atoms with Gasteiger partial charge >= 0.3 is 0 Å². The molecule has 4 nitrogen and oxygen atoms in total. The lowest BCUT2D eigenvalue weighted by atomic mass is 9.89. The maximum absolute atomic E-state index is 10.7. The topological polar surface area (TPSA) is 52.1 Å². The van der Waals surface area contributed by atoms with E-state index in [-0.39, 0.29) is 0 Å². The van der Waals surface area contributed by atoms with E-state index < -0.39 is 0 Å². The first-order chi connectivity index (χ1) is 11.2. The van der Waals surface area contributed by atoms with E-state index in [0.717, 1.165) is 35.3 Å². The number of hydrogen-bond acceptors (Lipinski definition) is 5. The van der Waals surface area contributed by atoms with E-state index in [2.05, 4.69) is 16.9 Å². The van der Waals surface area contributed by atoms with Crippen LogP contribution in [0.5, 0.6) is 11.6 Å². The van der Waals surface area contributed by atoms with Crippen LogP contribution in [0.4, 0.5) is 0 Å². The predicted octanol–water partition coefficient (Wildman–Crippen LogP) is 4.42. The van der Waals surface area contributed by atoms with Gasteiger partial charge in [-0.1, -0.05) is 6.92 Å². The highest BCUT2D eigenvalue weighted by Crippen LogP contribution is 2.41. The van der Waals surface area contributed by atoms with Gasteiger partial charge in [0.2, 0.25) is 5.88 Å². The van der Waals surface area contributed by atoms with Gasteiger partial charge in [0.25, 0.3) is 0 Å². The lowest BCUT2D eigenvalue weighted by Gasteiger charge is -2.18. The van der Waals surface area contributed by atoms with Crippen LogP contribution in [0.2, 0.25) is 0 Å². The normalized spacial score (nSPS) is 17.0. The van der Waals surface area contributed by atoms with Crippen LogP contribution < -0.4 is 4.74 Å². The number of hydrogen-bond donors (Lipinski definition) is 0. The maximum atomic E-state index is 10.7. The molecule has 1 aliphatic carbocycles. The number of carbonyl (C=O) groups is 1. The minimum Gasteiger partial charge on any atom is -0.438 e. The van der Waals surface area contributed by atoms with Crippen LogP contribution in [0.25, 0.3) is 10.2 Å². The molecule has 1 aliphatic rings. The molecule has 0 saturated carbocycles. The maximum Gasteiger partial charge on any atom is 0.231 e. The molecule has 4 rings (SSSR count). The zero-order valence-electron chi connectivity index (χ0n) is 12.8. The molecule has 23 heavy (non-hydrogen) atoms. The third kappa shape index (κ3) is 2.61. The molecular weight excluding hydrogens is 308 g/mol. The number of aromatic nitrogens is 2. The zero-order valence-corrected chi connectivity index (χ0v) is 13.6. The van der Waals surface area contributed by atoms with E-state index in [4.69, 9.17) is 4.74 Å². The summed E-state index contributed by atoms with van der Waals surface area (Å²) in [7, 11) is 0. The Morgan fingerprint density at radius 1 is 1.26 bits per heavy atom. The van der Waals surface area contributed by atoms with Crippen molar-refractivity contribution in [3.63, 3.8) is 0 Å². The summed E-state index contributed by atoms with van der Waals surface area (Å²) >= 11 is 1.76. The summed E-state index contributed by atoms with van der Waals surface area (Å²) in [5.41, 5.74) is 1.98. The van der Waals surface area contributed by atoms with Crippen LogP contribution in [-0.2, 0) is 12.8 Å². The minimum atomic E-state index is 0.612. The highest BCUT2D eigenvalue weighted by Gasteiger charge is 2.23. The van der Waals surface area contributed by atoms with Crippen molar-refractivity contribution in [2.45, 2.75) is 26.2 Å². The summed E-state index contributed by atoms with van der Waals surface area (Å²) in [6.07, 6.45) is 5.75. The largest absolute Gasteiger partial charge is 0.438 e. The summed E-state index contributed by atoms with van der Waals surface area (Å²) in [6.45, 7) is 2.30. The Hall–Kier alpha value is -2.27. The second kappa shape index (κ2) is 5.74. The summed E-state index contributed by atoms with van der Waals surface area (Å²) in [5, 5.41) is 1.05. The molecule has 2 heterocycles. The first-order valence-corrected chi connectivity index (χ1v) is 8.54. The van der Waals surface area contributed by atoms with E-state index in [1.807, 2.05) is 0 Å². The molecule has 3 aromatic rings. The molecule has 0 bridgehead atoms. The summed E-state index contributed by atoms with van der Waals surface area (Å²) < 4.78 is 5.98. The monoisotopic (exact) mass is 324 g/mol. The number of benzene rings is 1. The molecular formula is C18H16N2O2S. The third-order valence-electron chi connectivity index (χ3n) is 4.29. The Balaban J connectivity index is 1.76. The van der Waals surface area contributed by atoms with Crippen molar-refractivity contribution in [1.29, 1.82) is 0 Å². The SMILES string of the molecule is CC1CCc2c(sc3ncnc(Oc4ccc(C=O)cc4)c23)C1. The first kappa shape index (κ1) is 14.3. The van der Waals surface area contributed by atoms with Crippen LogP contribution in [0, 0.1) is 5.92 Å². The van der Waals surface area contributed by atoms with E-state index in [1.165, 1.54) is 16.9 Å². The zero-order chi connectivity index (χ0) is 15.8. The lowest BCUT2D eigenvalue weighted by molar-refractivity contribution is 0.112. The number of aldehydes is 1. The molecule has 0 N–H and O–H groups in total. The van der Waals surface area contributed by atoms with Crippen LogP contribution in [0.3, 0.4) is 0 Å². The van der Waals surface area contributed by atoms with Crippen molar-refractivity contribution in [3.05, 3.63) is 46.6 Å². The molecule has 0 saturated heterocycles.